The zero-order valence-corrected chi connectivity index (χ0v) is 19.8. The van der Waals surface area contributed by atoms with Crippen molar-refractivity contribution in [3.05, 3.63) is 112 Å². The number of thioether (sulfide) groups is 1. The van der Waals surface area contributed by atoms with E-state index in [2.05, 4.69) is 0 Å². The largest absolute Gasteiger partial charge is 0.496 e. The Hall–Kier alpha value is -4.63. The fraction of sp³-hybridized carbons (Fsp3) is 0.0370. The quantitative estimate of drug-likeness (QED) is 0.168. The highest BCUT2D eigenvalue weighted by molar-refractivity contribution is 8.19. The molecule has 1 amide bonds. The van der Waals surface area contributed by atoms with Gasteiger partial charge in [-0.1, -0.05) is 36.4 Å². The molecule has 0 saturated carbocycles. The molecule has 4 aromatic rings. The maximum absolute atomic E-state index is 13.4. The van der Waals surface area contributed by atoms with Crippen LogP contribution < -0.4 is 9.64 Å². The van der Waals surface area contributed by atoms with E-state index in [1.807, 2.05) is 60.7 Å². The summed E-state index contributed by atoms with van der Waals surface area (Å²) in [5, 5.41) is 11.6. The number of amides is 1. The van der Waals surface area contributed by atoms with Crippen molar-refractivity contribution in [1.82, 2.24) is 0 Å². The van der Waals surface area contributed by atoms with Crippen LogP contribution in [-0.4, -0.2) is 23.1 Å². The van der Waals surface area contributed by atoms with Gasteiger partial charge in [-0.25, -0.2) is 4.99 Å². The molecule has 1 aliphatic heterocycles. The number of nitro groups is 1. The molecule has 1 aromatic heterocycles. The lowest BCUT2D eigenvalue weighted by molar-refractivity contribution is -0.384. The van der Waals surface area contributed by atoms with Gasteiger partial charge in [-0.15, -0.1) is 0 Å². The van der Waals surface area contributed by atoms with Gasteiger partial charge >= 0.3 is 0 Å². The number of aliphatic imine (C=N–C) groups is 1. The smallest absolute Gasteiger partial charge is 0.273 e. The molecule has 9 heteroatoms. The second kappa shape index (κ2) is 9.93. The molecule has 0 N–H and O–H groups in total. The number of methoxy groups -OCH3 is 1. The van der Waals surface area contributed by atoms with Gasteiger partial charge in [0.2, 0.25) is 0 Å². The summed E-state index contributed by atoms with van der Waals surface area (Å²) < 4.78 is 11.3. The SMILES string of the molecule is COc1cc([N+](=O)[O-])ccc1-c1ccc(/C=C2/SC(=Nc3ccccc3)N(c3ccccc3)C2=O)o1. The standard InChI is InChI=1S/C27H19N3O5S/c1-34-24-16-20(30(32)33)12-14-22(24)23-15-13-21(35-23)17-25-26(31)29(19-10-6-3-7-11-19)27(36-25)28-18-8-4-2-5-9-18/h2-17H,1H3/b25-17+,28-27?. The summed E-state index contributed by atoms with van der Waals surface area (Å²) in [6.45, 7) is 0. The molecule has 36 heavy (non-hydrogen) atoms. The van der Waals surface area contributed by atoms with E-state index in [1.54, 1.807) is 29.2 Å². The Balaban J connectivity index is 1.49. The molecule has 0 radical (unpaired) electrons. The third kappa shape index (κ3) is 4.64. The van der Waals surface area contributed by atoms with Gasteiger partial charge in [0, 0.05) is 12.1 Å². The number of carbonyl (C=O) groups is 1. The lowest BCUT2D eigenvalue weighted by atomic mass is 10.1. The van der Waals surface area contributed by atoms with Gasteiger partial charge in [0.05, 0.1) is 39.9 Å². The normalized spacial score (nSPS) is 15.6. The van der Waals surface area contributed by atoms with Crippen LogP contribution in [-0.2, 0) is 4.79 Å². The number of rotatable bonds is 6. The maximum atomic E-state index is 13.4. The van der Waals surface area contributed by atoms with Crippen molar-refractivity contribution in [3.63, 3.8) is 0 Å². The first-order chi connectivity index (χ1) is 17.5. The number of anilines is 1. The first-order valence-corrected chi connectivity index (χ1v) is 11.7. The number of ether oxygens (including phenoxy) is 1. The summed E-state index contributed by atoms with van der Waals surface area (Å²) in [5.41, 5.74) is 1.93. The fourth-order valence-electron chi connectivity index (χ4n) is 3.67. The number of furan rings is 1. The van der Waals surface area contributed by atoms with Gasteiger partial charge in [-0.2, -0.15) is 0 Å². The van der Waals surface area contributed by atoms with Gasteiger partial charge in [0.1, 0.15) is 17.3 Å². The van der Waals surface area contributed by atoms with Crippen LogP contribution in [0.1, 0.15) is 5.76 Å². The van der Waals surface area contributed by atoms with Crippen molar-refractivity contribution in [1.29, 1.82) is 0 Å². The molecule has 0 bridgehead atoms. The van der Waals surface area contributed by atoms with Crippen LogP contribution in [0.15, 0.2) is 105 Å². The molecule has 8 nitrogen and oxygen atoms in total. The van der Waals surface area contributed by atoms with Crippen molar-refractivity contribution in [2.45, 2.75) is 0 Å². The molecule has 0 unspecified atom stereocenters. The monoisotopic (exact) mass is 497 g/mol. The van der Waals surface area contributed by atoms with Crippen LogP contribution in [0.5, 0.6) is 5.75 Å². The number of para-hydroxylation sites is 2. The highest BCUT2D eigenvalue weighted by atomic mass is 32.2. The summed E-state index contributed by atoms with van der Waals surface area (Å²) in [6.07, 6.45) is 1.66. The number of non-ortho nitro benzene ring substituents is 1. The summed E-state index contributed by atoms with van der Waals surface area (Å²) in [5.74, 6) is 1.01. The molecular weight excluding hydrogens is 478 g/mol. The Bertz CT molecular complexity index is 1500. The van der Waals surface area contributed by atoms with Crippen LogP contribution in [0.4, 0.5) is 17.1 Å². The van der Waals surface area contributed by atoms with E-state index in [4.69, 9.17) is 14.1 Å². The third-order valence-electron chi connectivity index (χ3n) is 5.36. The van der Waals surface area contributed by atoms with Crippen LogP contribution in [0, 0.1) is 10.1 Å². The first-order valence-electron chi connectivity index (χ1n) is 10.9. The minimum absolute atomic E-state index is 0.0799. The number of carbonyl (C=O) groups excluding carboxylic acids is 1. The van der Waals surface area contributed by atoms with E-state index < -0.39 is 4.92 Å². The van der Waals surface area contributed by atoms with Gasteiger partial charge < -0.3 is 9.15 Å². The molecule has 3 aromatic carbocycles. The van der Waals surface area contributed by atoms with Crippen molar-refractivity contribution >= 4 is 46.0 Å². The highest BCUT2D eigenvalue weighted by Crippen LogP contribution is 2.39. The summed E-state index contributed by atoms with van der Waals surface area (Å²) in [6, 6.07) is 26.5. The van der Waals surface area contributed by atoms with Crippen molar-refractivity contribution in [3.8, 4) is 17.1 Å². The second-order valence-corrected chi connectivity index (χ2v) is 8.67. The van der Waals surface area contributed by atoms with Gasteiger partial charge in [-0.05, 0) is 54.2 Å². The zero-order chi connectivity index (χ0) is 25.1. The van der Waals surface area contributed by atoms with Crippen molar-refractivity contribution in [2.75, 3.05) is 12.0 Å². The lowest BCUT2D eigenvalue weighted by Gasteiger charge is -2.15. The summed E-state index contributed by atoms with van der Waals surface area (Å²) in [4.78, 5) is 30.7. The van der Waals surface area contributed by atoms with E-state index in [1.165, 1.54) is 31.0 Å². The number of benzene rings is 3. The van der Waals surface area contributed by atoms with Crippen LogP contribution >= 0.6 is 11.8 Å². The molecule has 1 fully saturated rings. The predicted octanol–water partition coefficient (Wildman–Crippen LogP) is 6.67. The van der Waals surface area contributed by atoms with E-state index in [0.717, 1.165) is 5.69 Å². The minimum atomic E-state index is -0.486. The average molecular weight is 498 g/mol. The van der Waals surface area contributed by atoms with Crippen LogP contribution in [0.25, 0.3) is 17.4 Å². The minimum Gasteiger partial charge on any atom is -0.496 e. The van der Waals surface area contributed by atoms with Crippen LogP contribution in [0.3, 0.4) is 0 Å². The Morgan fingerprint density at radius 2 is 1.72 bits per heavy atom. The predicted molar refractivity (Wildman–Crippen MR) is 140 cm³/mol. The average Bonchev–Trinajstić information content (AvgIpc) is 3.49. The van der Waals surface area contributed by atoms with Gasteiger partial charge in [0.25, 0.3) is 11.6 Å². The Morgan fingerprint density at radius 1 is 1.00 bits per heavy atom. The van der Waals surface area contributed by atoms with E-state index >= 15 is 0 Å². The summed E-state index contributed by atoms with van der Waals surface area (Å²) >= 11 is 1.26. The third-order valence-corrected chi connectivity index (χ3v) is 6.33. The Labute approximate surface area is 210 Å². The zero-order valence-electron chi connectivity index (χ0n) is 19.0. The van der Waals surface area contributed by atoms with Crippen molar-refractivity contribution < 1.29 is 18.9 Å². The molecule has 1 aliphatic rings. The molecule has 5 rings (SSSR count). The first kappa shape index (κ1) is 23.1. The number of amidine groups is 1. The van der Waals surface area contributed by atoms with Gasteiger partial charge in [-0.3, -0.25) is 19.8 Å². The van der Waals surface area contributed by atoms with E-state index in [0.29, 0.717) is 38.6 Å². The van der Waals surface area contributed by atoms with E-state index in [-0.39, 0.29) is 11.6 Å². The molecule has 178 valence electrons. The molecule has 1 saturated heterocycles. The fourth-order valence-corrected chi connectivity index (χ4v) is 4.65. The molecular formula is C27H19N3O5S. The van der Waals surface area contributed by atoms with Crippen molar-refractivity contribution in [2.24, 2.45) is 4.99 Å². The topological polar surface area (TPSA) is 98.2 Å². The molecule has 2 heterocycles. The Kier molecular flexibility index (Phi) is 6.38. The number of hydrogen-bond acceptors (Lipinski definition) is 7. The molecule has 0 aliphatic carbocycles. The van der Waals surface area contributed by atoms with Crippen LogP contribution in [0.2, 0.25) is 0 Å². The number of nitrogens with zero attached hydrogens (tertiary/aromatic N) is 3. The highest BCUT2D eigenvalue weighted by Gasteiger charge is 2.35. The number of hydrogen-bond donors (Lipinski definition) is 0. The second-order valence-electron chi connectivity index (χ2n) is 7.66. The summed E-state index contributed by atoms with van der Waals surface area (Å²) in [7, 11) is 1.44. The molecule has 0 atom stereocenters. The number of nitro benzene ring substituents is 1. The maximum Gasteiger partial charge on any atom is 0.273 e. The van der Waals surface area contributed by atoms with E-state index in [9.17, 15) is 14.9 Å². The lowest BCUT2D eigenvalue weighted by Crippen LogP contribution is -2.28. The Morgan fingerprint density at radius 3 is 2.42 bits per heavy atom. The van der Waals surface area contributed by atoms with Gasteiger partial charge in [0.15, 0.2) is 5.17 Å². The molecule has 0 spiro atoms.